The number of benzene rings is 3. The third kappa shape index (κ3) is 4.12. The molecule has 0 spiro atoms. The van der Waals surface area contributed by atoms with Crippen molar-refractivity contribution in [2.45, 2.75) is 23.2 Å². The number of amides is 2. The van der Waals surface area contributed by atoms with Gasteiger partial charge in [-0.05, 0) is 48.9 Å². The quantitative estimate of drug-likeness (QED) is 0.605. The molecule has 1 heterocycles. The second-order valence-electron chi connectivity index (χ2n) is 6.84. The SMILES string of the molecule is CC1(C(=O)Nc2ccc(OCc3ccccc3)cc2)Sc2ccccc2NC1=O. The van der Waals surface area contributed by atoms with Gasteiger partial charge in [-0.25, -0.2) is 0 Å². The number of rotatable bonds is 5. The van der Waals surface area contributed by atoms with Gasteiger partial charge in [-0.2, -0.15) is 0 Å². The molecule has 0 fully saturated rings. The van der Waals surface area contributed by atoms with Crippen molar-refractivity contribution in [1.82, 2.24) is 0 Å². The van der Waals surface area contributed by atoms with Gasteiger partial charge in [0.25, 0.3) is 0 Å². The lowest BCUT2D eigenvalue weighted by molar-refractivity contribution is -0.126. The molecule has 1 atom stereocenters. The first kappa shape index (κ1) is 19.1. The van der Waals surface area contributed by atoms with Crippen LogP contribution < -0.4 is 15.4 Å². The van der Waals surface area contributed by atoms with Crippen molar-refractivity contribution in [3.63, 3.8) is 0 Å². The number of hydrogen-bond acceptors (Lipinski definition) is 4. The van der Waals surface area contributed by atoms with E-state index in [1.54, 1.807) is 31.2 Å². The highest BCUT2D eigenvalue weighted by atomic mass is 32.2. The van der Waals surface area contributed by atoms with Crippen LogP contribution in [0.25, 0.3) is 0 Å². The number of para-hydroxylation sites is 1. The van der Waals surface area contributed by atoms with E-state index in [4.69, 9.17) is 4.74 Å². The summed E-state index contributed by atoms with van der Waals surface area (Å²) >= 11 is 1.25. The molecule has 1 unspecified atom stereocenters. The molecule has 0 saturated carbocycles. The smallest absolute Gasteiger partial charge is 0.250 e. The van der Waals surface area contributed by atoms with Gasteiger partial charge in [0.2, 0.25) is 11.8 Å². The Morgan fingerprint density at radius 3 is 2.45 bits per heavy atom. The van der Waals surface area contributed by atoms with Gasteiger partial charge in [-0.3, -0.25) is 9.59 Å². The Morgan fingerprint density at radius 1 is 1.00 bits per heavy atom. The lowest BCUT2D eigenvalue weighted by Crippen LogP contribution is -2.49. The molecule has 0 aliphatic carbocycles. The fourth-order valence-electron chi connectivity index (χ4n) is 2.94. The van der Waals surface area contributed by atoms with Crippen LogP contribution in [0.5, 0.6) is 5.75 Å². The highest BCUT2D eigenvalue weighted by Crippen LogP contribution is 2.42. The summed E-state index contributed by atoms with van der Waals surface area (Å²) in [7, 11) is 0. The molecule has 3 aromatic carbocycles. The monoisotopic (exact) mass is 404 g/mol. The Morgan fingerprint density at radius 2 is 1.69 bits per heavy atom. The molecule has 146 valence electrons. The van der Waals surface area contributed by atoms with Crippen molar-refractivity contribution in [3.8, 4) is 5.75 Å². The van der Waals surface area contributed by atoms with Crippen LogP contribution >= 0.6 is 11.8 Å². The second kappa shape index (κ2) is 8.01. The van der Waals surface area contributed by atoms with Crippen LogP contribution in [0.2, 0.25) is 0 Å². The lowest BCUT2D eigenvalue weighted by Gasteiger charge is -2.31. The molecule has 0 radical (unpaired) electrons. The summed E-state index contributed by atoms with van der Waals surface area (Å²) in [5.74, 6) is 0.00532. The molecule has 0 saturated heterocycles. The van der Waals surface area contributed by atoms with E-state index in [0.717, 1.165) is 16.1 Å². The van der Waals surface area contributed by atoms with Crippen LogP contribution in [0.1, 0.15) is 12.5 Å². The van der Waals surface area contributed by atoms with Gasteiger partial charge in [0, 0.05) is 10.6 Å². The summed E-state index contributed by atoms with van der Waals surface area (Å²) in [5, 5.41) is 5.66. The van der Waals surface area contributed by atoms with E-state index >= 15 is 0 Å². The zero-order valence-electron chi connectivity index (χ0n) is 15.8. The van der Waals surface area contributed by atoms with E-state index < -0.39 is 4.75 Å². The van der Waals surface area contributed by atoms with Crippen LogP contribution in [0.4, 0.5) is 11.4 Å². The average Bonchev–Trinajstić information content (AvgIpc) is 2.75. The fourth-order valence-corrected chi connectivity index (χ4v) is 4.04. The second-order valence-corrected chi connectivity index (χ2v) is 8.30. The minimum absolute atomic E-state index is 0.332. The number of carbonyl (C=O) groups excluding carboxylic acids is 2. The van der Waals surface area contributed by atoms with Crippen molar-refractivity contribution in [1.29, 1.82) is 0 Å². The number of nitrogens with one attached hydrogen (secondary N) is 2. The predicted molar refractivity (Wildman–Crippen MR) is 115 cm³/mol. The lowest BCUT2D eigenvalue weighted by atomic mass is 10.1. The van der Waals surface area contributed by atoms with Gasteiger partial charge < -0.3 is 15.4 Å². The maximum absolute atomic E-state index is 12.9. The molecule has 6 heteroatoms. The van der Waals surface area contributed by atoms with Gasteiger partial charge in [0.15, 0.2) is 4.75 Å². The van der Waals surface area contributed by atoms with E-state index in [1.807, 2.05) is 54.6 Å². The topological polar surface area (TPSA) is 67.4 Å². The first-order chi connectivity index (χ1) is 14.0. The average molecular weight is 404 g/mol. The number of ether oxygens (including phenoxy) is 1. The van der Waals surface area contributed by atoms with Gasteiger partial charge in [-0.1, -0.05) is 54.2 Å². The summed E-state index contributed by atoms with van der Waals surface area (Å²) in [4.78, 5) is 26.3. The summed E-state index contributed by atoms with van der Waals surface area (Å²) in [6.07, 6.45) is 0. The molecule has 29 heavy (non-hydrogen) atoms. The Balaban J connectivity index is 1.41. The Bertz CT molecular complexity index is 1040. The minimum Gasteiger partial charge on any atom is -0.489 e. The molecule has 1 aliphatic rings. The van der Waals surface area contributed by atoms with Gasteiger partial charge in [0.1, 0.15) is 12.4 Å². The van der Waals surface area contributed by atoms with Crippen LogP contribution in [-0.2, 0) is 16.2 Å². The van der Waals surface area contributed by atoms with Gasteiger partial charge in [-0.15, -0.1) is 0 Å². The zero-order chi connectivity index (χ0) is 20.3. The molecule has 4 rings (SSSR count). The van der Waals surface area contributed by atoms with Crippen molar-refractivity contribution in [3.05, 3.63) is 84.4 Å². The van der Waals surface area contributed by atoms with Crippen LogP contribution in [0, 0.1) is 0 Å². The normalized spacial score (nSPS) is 17.8. The molecular formula is C23H20N2O3S. The first-order valence-corrected chi connectivity index (χ1v) is 10.0. The summed E-state index contributed by atoms with van der Waals surface area (Å²) < 4.78 is 4.51. The Hall–Kier alpha value is -3.25. The summed E-state index contributed by atoms with van der Waals surface area (Å²) in [6.45, 7) is 2.11. The summed E-state index contributed by atoms with van der Waals surface area (Å²) in [5.41, 5.74) is 2.42. The largest absolute Gasteiger partial charge is 0.489 e. The molecule has 2 amide bonds. The molecule has 0 bridgehead atoms. The van der Waals surface area contributed by atoms with E-state index in [-0.39, 0.29) is 11.8 Å². The minimum atomic E-state index is -1.25. The number of fused-ring (bicyclic) bond motifs is 1. The maximum atomic E-state index is 12.9. The first-order valence-electron chi connectivity index (χ1n) is 9.22. The van der Waals surface area contributed by atoms with Gasteiger partial charge in [0.05, 0.1) is 5.69 Å². The van der Waals surface area contributed by atoms with E-state index in [1.165, 1.54) is 11.8 Å². The molecule has 3 aromatic rings. The maximum Gasteiger partial charge on any atom is 0.250 e. The highest BCUT2D eigenvalue weighted by Gasteiger charge is 2.45. The Kier molecular flexibility index (Phi) is 5.27. The number of thioether (sulfide) groups is 1. The van der Waals surface area contributed by atoms with Crippen molar-refractivity contribution in [2.24, 2.45) is 0 Å². The number of carbonyl (C=O) groups is 2. The van der Waals surface area contributed by atoms with E-state index in [2.05, 4.69) is 10.6 Å². The van der Waals surface area contributed by atoms with Crippen molar-refractivity contribution < 1.29 is 14.3 Å². The standard InChI is InChI=1S/C23H20N2O3S/c1-23(22(27)25-19-9-5-6-10-20(19)29-23)21(26)24-17-11-13-18(14-12-17)28-15-16-7-3-2-4-8-16/h2-14H,15H2,1H3,(H,24,26)(H,25,27). The molecule has 1 aliphatic heterocycles. The third-order valence-corrected chi connectivity index (χ3v) is 6.03. The number of hydrogen-bond donors (Lipinski definition) is 2. The number of anilines is 2. The molecule has 2 N–H and O–H groups in total. The fraction of sp³-hybridized carbons (Fsp3) is 0.130. The summed E-state index contributed by atoms with van der Waals surface area (Å²) in [6, 6.07) is 24.5. The molecule has 5 nitrogen and oxygen atoms in total. The van der Waals surface area contributed by atoms with Crippen LogP contribution in [0.15, 0.2) is 83.8 Å². The van der Waals surface area contributed by atoms with Crippen molar-refractivity contribution >= 4 is 35.0 Å². The Labute approximate surface area is 173 Å². The zero-order valence-corrected chi connectivity index (χ0v) is 16.7. The third-order valence-electron chi connectivity index (χ3n) is 4.68. The predicted octanol–water partition coefficient (Wildman–Crippen LogP) is 4.71. The van der Waals surface area contributed by atoms with Crippen LogP contribution in [0.3, 0.4) is 0 Å². The van der Waals surface area contributed by atoms with Crippen LogP contribution in [-0.4, -0.2) is 16.6 Å². The molecular weight excluding hydrogens is 384 g/mol. The molecule has 0 aromatic heterocycles. The highest BCUT2D eigenvalue weighted by molar-refractivity contribution is 8.02. The van der Waals surface area contributed by atoms with Crippen molar-refractivity contribution in [2.75, 3.05) is 10.6 Å². The van der Waals surface area contributed by atoms with E-state index in [0.29, 0.717) is 18.0 Å². The van der Waals surface area contributed by atoms with Gasteiger partial charge >= 0.3 is 0 Å². The van der Waals surface area contributed by atoms with E-state index in [9.17, 15) is 9.59 Å².